The van der Waals surface area contributed by atoms with Gasteiger partial charge in [0.1, 0.15) is 5.75 Å². The number of aliphatic hydroxyl groups excluding tert-OH is 1. The van der Waals surface area contributed by atoms with Crippen LogP contribution in [0.15, 0.2) is 36.4 Å². The molecular weight excluding hydrogens is 310 g/mol. The van der Waals surface area contributed by atoms with Gasteiger partial charge in [0.05, 0.1) is 25.3 Å². The predicted octanol–water partition coefficient (Wildman–Crippen LogP) is 1.42. The molecule has 0 radical (unpaired) electrons. The first-order valence-electron chi connectivity index (χ1n) is 7.70. The summed E-state index contributed by atoms with van der Waals surface area (Å²) >= 11 is 0. The van der Waals surface area contributed by atoms with Crippen molar-refractivity contribution < 1.29 is 19.7 Å². The molecule has 1 fully saturated rings. The summed E-state index contributed by atoms with van der Waals surface area (Å²) < 4.78 is 5.33. The van der Waals surface area contributed by atoms with Gasteiger partial charge in [-0.1, -0.05) is 12.1 Å². The van der Waals surface area contributed by atoms with E-state index >= 15 is 0 Å². The number of anilines is 1. The van der Waals surface area contributed by atoms with Gasteiger partial charge in [-0.05, 0) is 24.3 Å². The van der Waals surface area contributed by atoms with Crippen LogP contribution in [0.5, 0.6) is 5.75 Å². The number of aliphatic hydroxyl groups is 1. The fourth-order valence-corrected chi connectivity index (χ4v) is 2.96. The van der Waals surface area contributed by atoms with E-state index < -0.39 is 12.1 Å². The van der Waals surface area contributed by atoms with Crippen LogP contribution in [0.4, 0.5) is 5.82 Å². The number of rotatable bonds is 5. The zero-order valence-electron chi connectivity index (χ0n) is 13.3. The number of methoxy groups -OCH3 is 1. The molecule has 1 saturated heterocycles. The molecule has 0 amide bonds. The molecule has 7 heteroatoms. The molecule has 0 saturated carbocycles. The number of β-amino-alcohol motifs (C(OH)–C–C–N with tert-alkyl or cyclic N) is 1. The second-order valence-corrected chi connectivity index (χ2v) is 5.81. The average molecular weight is 329 g/mol. The molecule has 2 atom stereocenters. The predicted molar refractivity (Wildman–Crippen MR) is 88.0 cm³/mol. The Balaban J connectivity index is 1.77. The number of aliphatic carboxylic acids is 1. The first-order chi connectivity index (χ1) is 11.6. The lowest BCUT2D eigenvalue weighted by molar-refractivity contribution is -0.138. The van der Waals surface area contributed by atoms with Crippen LogP contribution >= 0.6 is 0 Å². The first-order valence-corrected chi connectivity index (χ1v) is 7.70. The Morgan fingerprint density at radius 1 is 1.25 bits per heavy atom. The van der Waals surface area contributed by atoms with Gasteiger partial charge < -0.3 is 19.8 Å². The lowest BCUT2D eigenvalue weighted by Gasteiger charge is -2.16. The number of carboxylic acid groups (broad SMARTS) is 1. The molecule has 2 heterocycles. The van der Waals surface area contributed by atoms with Crippen molar-refractivity contribution in [1.29, 1.82) is 0 Å². The maximum atomic E-state index is 10.8. The van der Waals surface area contributed by atoms with Gasteiger partial charge in [-0.25, -0.2) is 0 Å². The maximum Gasteiger partial charge on any atom is 0.303 e. The normalized spacial score (nSPS) is 20.2. The SMILES string of the molecule is COc1ccccc1-c1ccc(N2C[C@@H](CC(=O)O)[C@H](O)C2)nn1. The summed E-state index contributed by atoms with van der Waals surface area (Å²) in [6.45, 7) is 0.816. The summed E-state index contributed by atoms with van der Waals surface area (Å²) in [5.74, 6) is 0.148. The first kappa shape index (κ1) is 16.2. The Morgan fingerprint density at radius 3 is 2.71 bits per heavy atom. The minimum absolute atomic E-state index is 0.0512. The molecule has 1 aromatic carbocycles. The van der Waals surface area contributed by atoms with Crippen molar-refractivity contribution >= 4 is 11.8 Å². The molecule has 2 aromatic rings. The van der Waals surface area contributed by atoms with Crippen LogP contribution in [-0.2, 0) is 4.79 Å². The summed E-state index contributed by atoms with van der Waals surface area (Å²) in [4.78, 5) is 12.7. The molecule has 0 bridgehead atoms. The zero-order chi connectivity index (χ0) is 17.1. The molecular formula is C17H19N3O4. The van der Waals surface area contributed by atoms with E-state index in [0.29, 0.717) is 24.6 Å². The topological polar surface area (TPSA) is 95.8 Å². The van der Waals surface area contributed by atoms with Crippen molar-refractivity contribution in [1.82, 2.24) is 10.2 Å². The number of nitrogens with zero attached hydrogens (tertiary/aromatic N) is 3. The highest BCUT2D eigenvalue weighted by Crippen LogP contribution is 2.29. The largest absolute Gasteiger partial charge is 0.496 e. The molecule has 0 spiro atoms. The number of carboxylic acids is 1. The van der Waals surface area contributed by atoms with Crippen molar-refractivity contribution in [2.45, 2.75) is 12.5 Å². The molecule has 1 aliphatic rings. The Kier molecular flexibility index (Phi) is 4.61. The van der Waals surface area contributed by atoms with E-state index in [9.17, 15) is 9.90 Å². The molecule has 24 heavy (non-hydrogen) atoms. The highest BCUT2D eigenvalue weighted by Gasteiger charge is 2.33. The van der Waals surface area contributed by atoms with Crippen LogP contribution in [0.2, 0.25) is 0 Å². The van der Waals surface area contributed by atoms with Gasteiger partial charge in [0.15, 0.2) is 5.82 Å². The molecule has 2 N–H and O–H groups in total. The van der Waals surface area contributed by atoms with Gasteiger partial charge in [0, 0.05) is 24.6 Å². The minimum Gasteiger partial charge on any atom is -0.496 e. The maximum absolute atomic E-state index is 10.8. The van der Waals surface area contributed by atoms with Crippen molar-refractivity contribution in [3.63, 3.8) is 0 Å². The highest BCUT2D eigenvalue weighted by atomic mass is 16.5. The molecule has 0 unspecified atom stereocenters. The molecule has 1 aliphatic heterocycles. The second kappa shape index (κ2) is 6.84. The molecule has 126 valence electrons. The van der Waals surface area contributed by atoms with Gasteiger partial charge >= 0.3 is 5.97 Å². The van der Waals surface area contributed by atoms with Crippen molar-refractivity contribution in [3.05, 3.63) is 36.4 Å². The fraction of sp³-hybridized carbons (Fsp3) is 0.353. The number of carbonyl (C=O) groups is 1. The van der Waals surface area contributed by atoms with Gasteiger partial charge in [0.2, 0.25) is 0 Å². The van der Waals surface area contributed by atoms with E-state index in [0.717, 1.165) is 11.3 Å². The van der Waals surface area contributed by atoms with Crippen LogP contribution in [0.1, 0.15) is 6.42 Å². The summed E-state index contributed by atoms with van der Waals surface area (Å²) in [7, 11) is 1.61. The summed E-state index contributed by atoms with van der Waals surface area (Å²) in [5, 5.41) is 27.4. The van der Waals surface area contributed by atoms with E-state index in [1.54, 1.807) is 7.11 Å². The smallest absolute Gasteiger partial charge is 0.303 e. The summed E-state index contributed by atoms with van der Waals surface area (Å²) in [5.41, 5.74) is 1.54. The summed E-state index contributed by atoms with van der Waals surface area (Å²) in [6, 6.07) is 11.2. The lowest BCUT2D eigenvalue weighted by atomic mass is 10.0. The van der Waals surface area contributed by atoms with E-state index in [2.05, 4.69) is 10.2 Å². The minimum atomic E-state index is -0.904. The van der Waals surface area contributed by atoms with Crippen LogP contribution in [0.25, 0.3) is 11.3 Å². The summed E-state index contributed by atoms with van der Waals surface area (Å²) in [6.07, 6.45) is -0.721. The van der Waals surface area contributed by atoms with E-state index in [-0.39, 0.29) is 12.3 Å². The van der Waals surface area contributed by atoms with Crippen LogP contribution < -0.4 is 9.64 Å². The van der Waals surface area contributed by atoms with E-state index in [1.807, 2.05) is 41.3 Å². The number of aromatic nitrogens is 2. The highest BCUT2D eigenvalue weighted by molar-refractivity contribution is 5.68. The number of ether oxygens (including phenoxy) is 1. The third kappa shape index (κ3) is 3.30. The molecule has 7 nitrogen and oxygen atoms in total. The number of hydrogen-bond acceptors (Lipinski definition) is 6. The lowest BCUT2D eigenvalue weighted by Crippen LogP contribution is -2.22. The van der Waals surface area contributed by atoms with Crippen LogP contribution in [0, 0.1) is 5.92 Å². The number of hydrogen-bond donors (Lipinski definition) is 2. The standard InChI is InChI=1S/C17H19N3O4/c1-24-15-5-3-2-4-12(15)13-6-7-16(19-18-13)20-9-11(8-17(22)23)14(21)10-20/h2-7,11,14,21H,8-10H2,1H3,(H,22,23)/t11-,14-/m1/s1. The van der Waals surface area contributed by atoms with Gasteiger partial charge in [0.25, 0.3) is 0 Å². The fourth-order valence-electron chi connectivity index (χ4n) is 2.96. The monoisotopic (exact) mass is 329 g/mol. The second-order valence-electron chi connectivity index (χ2n) is 5.81. The Morgan fingerprint density at radius 2 is 2.04 bits per heavy atom. The average Bonchev–Trinajstić information content (AvgIpc) is 2.95. The Hall–Kier alpha value is -2.67. The third-order valence-corrected chi connectivity index (χ3v) is 4.20. The van der Waals surface area contributed by atoms with Gasteiger partial charge in [-0.15, -0.1) is 10.2 Å². The van der Waals surface area contributed by atoms with Crippen molar-refractivity contribution in [2.75, 3.05) is 25.1 Å². The van der Waals surface area contributed by atoms with Crippen molar-refractivity contribution in [3.8, 4) is 17.0 Å². The number of para-hydroxylation sites is 1. The van der Waals surface area contributed by atoms with Crippen LogP contribution in [0.3, 0.4) is 0 Å². The molecule has 0 aliphatic carbocycles. The van der Waals surface area contributed by atoms with Crippen LogP contribution in [-0.4, -0.2) is 52.7 Å². The Labute approximate surface area is 139 Å². The quantitative estimate of drug-likeness (QED) is 0.856. The van der Waals surface area contributed by atoms with E-state index in [1.165, 1.54) is 0 Å². The van der Waals surface area contributed by atoms with E-state index in [4.69, 9.17) is 9.84 Å². The molecule has 3 rings (SSSR count). The third-order valence-electron chi connectivity index (χ3n) is 4.20. The van der Waals surface area contributed by atoms with Gasteiger partial charge in [-0.3, -0.25) is 4.79 Å². The number of benzene rings is 1. The Bertz CT molecular complexity index is 720. The van der Waals surface area contributed by atoms with Crippen molar-refractivity contribution in [2.24, 2.45) is 5.92 Å². The van der Waals surface area contributed by atoms with Gasteiger partial charge in [-0.2, -0.15) is 0 Å². The zero-order valence-corrected chi connectivity index (χ0v) is 13.3. The molecule has 1 aromatic heterocycles.